The van der Waals surface area contributed by atoms with Crippen LogP contribution in [0.3, 0.4) is 0 Å². The minimum Gasteiger partial charge on any atom is -0.489 e. The molecule has 3 nitrogen and oxygen atoms in total. The standard InChI is InChI=1S/C19H24N2O/c20-13-18-7-4-12-21(18)14-16-8-10-19(11-9-16)22-15-17-5-2-1-3-6-17/h1-3,5-6,8-11,18H,4,7,12-15,20H2. The van der Waals surface area contributed by atoms with E-state index in [4.69, 9.17) is 10.5 Å². The third-order valence-corrected chi connectivity index (χ3v) is 4.33. The summed E-state index contributed by atoms with van der Waals surface area (Å²) in [7, 11) is 0. The number of nitrogens with two attached hydrogens (primary N) is 1. The zero-order valence-corrected chi connectivity index (χ0v) is 12.9. The largest absolute Gasteiger partial charge is 0.489 e. The molecule has 2 N–H and O–H groups in total. The molecule has 3 rings (SSSR count). The van der Waals surface area contributed by atoms with Gasteiger partial charge < -0.3 is 10.5 Å². The van der Waals surface area contributed by atoms with Crippen LogP contribution in [0.2, 0.25) is 0 Å². The Morgan fingerprint density at radius 2 is 1.77 bits per heavy atom. The van der Waals surface area contributed by atoms with Gasteiger partial charge in [-0.1, -0.05) is 42.5 Å². The second-order valence-electron chi connectivity index (χ2n) is 5.92. The fourth-order valence-electron chi connectivity index (χ4n) is 3.04. The highest BCUT2D eigenvalue weighted by Gasteiger charge is 2.22. The van der Waals surface area contributed by atoms with Gasteiger partial charge in [0.25, 0.3) is 0 Å². The van der Waals surface area contributed by atoms with Crippen LogP contribution < -0.4 is 10.5 Å². The summed E-state index contributed by atoms with van der Waals surface area (Å²) >= 11 is 0. The van der Waals surface area contributed by atoms with Gasteiger partial charge in [-0.05, 0) is 42.6 Å². The third kappa shape index (κ3) is 3.87. The molecule has 0 saturated carbocycles. The molecule has 3 heteroatoms. The van der Waals surface area contributed by atoms with Gasteiger partial charge in [-0.15, -0.1) is 0 Å². The molecule has 1 fully saturated rings. The number of rotatable bonds is 6. The van der Waals surface area contributed by atoms with E-state index >= 15 is 0 Å². The van der Waals surface area contributed by atoms with Crippen molar-refractivity contribution in [2.45, 2.75) is 32.0 Å². The lowest BCUT2D eigenvalue weighted by molar-refractivity contribution is 0.250. The van der Waals surface area contributed by atoms with Crippen LogP contribution in [-0.4, -0.2) is 24.0 Å². The molecule has 2 aromatic rings. The van der Waals surface area contributed by atoms with E-state index in [0.717, 1.165) is 25.4 Å². The van der Waals surface area contributed by atoms with Crippen LogP contribution in [0.4, 0.5) is 0 Å². The summed E-state index contributed by atoms with van der Waals surface area (Å²) in [5.41, 5.74) is 8.35. The zero-order chi connectivity index (χ0) is 15.2. The molecule has 22 heavy (non-hydrogen) atoms. The van der Waals surface area contributed by atoms with E-state index in [1.807, 2.05) is 18.2 Å². The molecule has 0 spiro atoms. The van der Waals surface area contributed by atoms with Crippen LogP contribution in [0.15, 0.2) is 54.6 Å². The monoisotopic (exact) mass is 296 g/mol. The highest BCUT2D eigenvalue weighted by molar-refractivity contribution is 5.28. The second-order valence-corrected chi connectivity index (χ2v) is 5.92. The normalized spacial score (nSPS) is 18.5. The van der Waals surface area contributed by atoms with E-state index in [0.29, 0.717) is 12.6 Å². The fraction of sp³-hybridized carbons (Fsp3) is 0.368. The highest BCUT2D eigenvalue weighted by Crippen LogP contribution is 2.21. The predicted octanol–water partition coefficient (Wildman–Crippen LogP) is 3.19. The van der Waals surface area contributed by atoms with Crippen molar-refractivity contribution in [2.75, 3.05) is 13.1 Å². The summed E-state index contributed by atoms with van der Waals surface area (Å²) in [4.78, 5) is 2.49. The van der Waals surface area contributed by atoms with Crippen molar-refractivity contribution >= 4 is 0 Å². The lowest BCUT2D eigenvalue weighted by Gasteiger charge is -2.23. The second kappa shape index (κ2) is 7.43. The minimum atomic E-state index is 0.550. The Morgan fingerprint density at radius 1 is 1.00 bits per heavy atom. The lowest BCUT2D eigenvalue weighted by Crippen LogP contribution is -2.34. The number of ether oxygens (including phenoxy) is 1. The first kappa shape index (κ1) is 15.1. The molecule has 2 aromatic carbocycles. The first-order chi connectivity index (χ1) is 10.8. The van der Waals surface area contributed by atoms with Crippen molar-refractivity contribution in [1.29, 1.82) is 0 Å². The molecule has 1 heterocycles. The van der Waals surface area contributed by atoms with Gasteiger partial charge >= 0.3 is 0 Å². The van der Waals surface area contributed by atoms with Crippen LogP contribution in [0.5, 0.6) is 5.75 Å². The van der Waals surface area contributed by atoms with E-state index < -0.39 is 0 Å². The summed E-state index contributed by atoms with van der Waals surface area (Å²) < 4.78 is 5.83. The van der Waals surface area contributed by atoms with Crippen molar-refractivity contribution in [3.63, 3.8) is 0 Å². The summed E-state index contributed by atoms with van der Waals surface area (Å²) in [5.74, 6) is 0.921. The predicted molar refractivity (Wildman–Crippen MR) is 89.7 cm³/mol. The summed E-state index contributed by atoms with van der Waals surface area (Å²) in [6, 6.07) is 19.2. The zero-order valence-electron chi connectivity index (χ0n) is 12.9. The average molecular weight is 296 g/mol. The number of nitrogens with zero attached hydrogens (tertiary/aromatic N) is 1. The highest BCUT2D eigenvalue weighted by atomic mass is 16.5. The van der Waals surface area contributed by atoms with Gasteiger partial charge in [0.15, 0.2) is 0 Å². The maximum Gasteiger partial charge on any atom is 0.119 e. The van der Waals surface area contributed by atoms with Gasteiger partial charge in [0.05, 0.1) is 0 Å². The summed E-state index contributed by atoms with van der Waals surface area (Å²) in [6.45, 7) is 3.52. The Bertz CT molecular complexity index is 568. The Labute approximate surface area is 132 Å². The van der Waals surface area contributed by atoms with Crippen molar-refractivity contribution < 1.29 is 4.74 Å². The van der Waals surface area contributed by atoms with Crippen molar-refractivity contribution in [3.05, 3.63) is 65.7 Å². The molecular weight excluding hydrogens is 272 g/mol. The summed E-state index contributed by atoms with van der Waals surface area (Å²) in [6.07, 6.45) is 2.49. The molecule has 0 aromatic heterocycles. The minimum absolute atomic E-state index is 0.550. The Hall–Kier alpha value is -1.84. The number of hydrogen-bond donors (Lipinski definition) is 1. The maximum absolute atomic E-state index is 5.84. The molecule has 1 aliphatic heterocycles. The quantitative estimate of drug-likeness (QED) is 0.889. The average Bonchev–Trinajstić information content (AvgIpc) is 3.02. The molecule has 0 bridgehead atoms. The fourth-order valence-corrected chi connectivity index (χ4v) is 3.04. The number of likely N-dealkylation sites (tertiary alicyclic amines) is 1. The van der Waals surface area contributed by atoms with Crippen LogP contribution in [0.25, 0.3) is 0 Å². The van der Waals surface area contributed by atoms with Gasteiger partial charge in [-0.3, -0.25) is 4.90 Å². The van der Waals surface area contributed by atoms with Crippen molar-refractivity contribution in [3.8, 4) is 5.75 Å². The Kier molecular flexibility index (Phi) is 5.09. The molecule has 1 saturated heterocycles. The molecule has 116 valence electrons. The topological polar surface area (TPSA) is 38.5 Å². The van der Waals surface area contributed by atoms with Gasteiger partial charge in [-0.25, -0.2) is 0 Å². The van der Waals surface area contributed by atoms with Crippen molar-refractivity contribution in [2.24, 2.45) is 5.73 Å². The Morgan fingerprint density at radius 3 is 2.50 bits per heavy atom. The molecule has 1 aliphatic rings. The van der Waals surface area contributed by atoms with E-state index in [-0.39, 0.29) is 0 Å². The molecule has 0 aliphatic carbocycles. The van der Waals surface area contributed by atoms with E-state index in [2.05, 4.69) is 41.3 Å². The molecule has 1 unspecified atom stereocenters. The van der Waals surface area contributed by atoms with Crippen molar-refractivity contribution in [1.82, 2.24) is 4.90 Å². The van der Waals surface area contributed by atoms with Gasteiger partial charge in [-0.2, -0.15) is 0 Å². The Balaban J connectivity index is 1.54. The molecule has 0 amide bonds. The van der Waals surface area contributed by atoms with E-state index in [9.17, 15) is 0 Å². The van der Waals surface area contributed by atoms with Crippen LogP contribution in [-0.2, 0) is 13.2 Å². The van der Waals surface area contributed by atoms with Crippen LogP contribution >= 0.6 is 0 Å². The summed E-state index contributed by atoms with van der Waals surface area (Å²) in [5, 5.41) is 0. The van der Waals surface area contributed by atoms with Gasteiger partial charge in [0.1, 0.15) is 12.4 Å². The number of benzene rings is 2. The van der Waals surface area contributed by atoms with Crippen LogP contribution in [0.1, 0.15) is 24.0 Å². The lowest BCUT2D eigenvalue weighted by atomic mass is 10.1. The van der Waals surface area contributed by atoms with Crippen LogP contribution in [0, 0.1) is 0 Å². The molecule has 0 radical (unpaired) electrons. The van der Waals surface area contributed by atoms with E-state index in [1.54, 1.807) is 0 Å². The van der Waals surface area contributed by atoms with Gasteiger partial charge in [0, 0.05) is 19.1 Å². The molecule has 1 atom stereocenters. The number of hydrogen-bond acceptors (Lipinski definition) is 3. The maximum atomic E-state index is 5.84. The first-order valence-electron chi connectivity index (χ1n) is 8.05. The van der Waals surface area contributed by atoms with Gasteiger partial charge in [0.2, 0.25) is 0 Å². The SMILES string of the molecule is NCC1CCCN1Cc1ccc(OCc2ccccc2)cc1. The smallest absolute Gasteiger partial charge is 0.119 e. The molecular formula is C19H24N2O. The van der Waals surface area contributed by atoms with E-state index in [1.165, 1.54) is 24.0 Å². The first-order valence-corrected chi connectivity index (χ1v) is 8.05. The third-order valence-electron chi connectivity index (χ3n) is 4.33.